The molecule has 0 unspecified atom stereocenters. The predicted molar refractivity (Wildman–Crippen MR) is 130 cm³/mol. The van der Waals surface area contributed by atoms with Crippen molar-refractivity contribution in [1.82, 2.24) is 20.1 Å². The molecule has 0 spiro atoms. The van der Waals surface area contributed by atoms with Crippen LogP contribution in [-0.2, 0) is 22.6 Å². The number of rotatable bonds is 7. The first-order valence-electron chi connectivity index (χ1n) is 11.0. The standard InChI is InChI=1S/C25H28ClN5O2/c1-18-22(19(2)31(29-18)17-21-5-3-4-6-23(21)26)7-8-25(32)28-16-20-9-10-27-24(15-20)30-11-13-33-14-12-30/h3-10,15H,11-14,16-17H2,1-2H3,(H,28,32)/b8-7+. The Morgan fingerprint density at radius 3 is 2.79 bits per heavy atom. The summed E-state index contributed by atoms with van der Waals surface area (Å²) in [4.78, 5) is 19.1. The van der Waals surface area contributed by atoms with Crippen LogP contribution in [-0.4, -0.2) is 47.0 Å². The van der Waals surface area contributed by atoms with Gasteiger partial charge < -0.3 is 15.0 Å². The zero-order valence-corrected chi connectivity index (χ0v) is 19.7. The molecule has 0 aliphatic carbocycles. The minimum Gasteiger partial charge on any atom is -0.378 e. The summed E-state index contributed by atoms with van der Waals surface area (Å²) in [6, 6.07) is 11.7. The maximum atomic E-state index is 12.5. The minimum atomic E-state index is -0.155. The number of carbonyl (C=O) groups is 1. The molecule has 1 aliphatic heterocycles. The van der Waals surface area contributed by atoms with Crippen LogP contribution in [0.5, 0.6) is 0 Å². The normalized spacial score (nSPS) is 14.1. The maximum Gasteiger partial charge on any atom is 0.244 e. The van der Waals surface area contributed by atoms with Gasteiger partial charge in [0.1, 0.15) is 5.82 Å². The molecule has 7 nitrogen and oxygen atoms in total. The monoisotopic (exact) mass is 465 g/mol. The number of nitrogens with one attached hydrogen (secondary N) is 1. The number of halogens is 1. The molecule has 172 valence electrons. The molecule has 4 rings (SSSR count). The molecule has 3 heterocycles. The maximum absolute atomic E-state index is 12.5. The lowest BCUT2D eigenvalue weighted by Gasteiger charge is -2.28. The van der Waals surface area contributed by atoms with Gasteiger partial charge in [0.2, 0.25) is 5.91 Å². The van der Waals surface area contributed by atoms with Crippen molar-refractivity contribution in [3.05, 3.63) is 81.8 Å². The van der Waals surface area contributed by atoms with Crippen LogP contribution in [0.25, 0.3) is 6.08 Å². The number of amides is 1. The molecule has 1 amide bonds. The van der Waals surface area contributed by atoms with Crippen molar-refractivity contribution in [3.8, 4) is 0 Å². The molecule has 1 aromatic carbocycles. The summed E-state index contributed by atoms with van der Waals surface area (Å²) in [6.45, 7) is 8.04. The highest BCUT2D eigenvalue weighted by Gasteiger charge is 2.13. The second-order valence-electron chi connectivity index (χ2n) is 8.01. The summed E-state index contributed by atoms with van der Waals surface area (Å²) in [6.07, 6.45) is 5.16. The van der Waals surface area contributed by atoms with E-state index in [0.717, 1.165) is 52.0 Å². The van der Waals surface area contributed by atoms with Crippen molar-refractivity contribution < 1.29 is 9.53 Å². The van der Waals surface area contributed by atoms with Crippen LogP contribution >= 0.6 is 11.6 Å². The molecule has 2 aromatic heterocycles. The predicted octanol–water partition coefficient (Wildman–Crippen LogP) is 3.76. The number of pyridine rings is 1. The quantitative estimate of drug-likeness (QED) is 0.538. The highest BCUT2D eigenvalue weighted by Crippen LogP contribution is 2.20. The summed E-state index contributed by atoms with van der Waals surface area (Å²) in [7, 11) is 0. The number of morpholine rings is 1. The fourth-order valence-electron chi connectivity index (χ4n) is 3.84. The number of aryl methyl sites for hydroxylation is 1. The average Bonchev–Trinajstić information content (AvgIpc) is 3.10. The van der Waals surface area contributed by atoms with Gasteiger partial charge in [-0.2, -0.15) is 5.10 Å². The van der Waals surface area contributed by atoms with Gasteiger partial charge in [-0.05, 0) is 49.2 Å². The molecule has 1 N–H and O–H groups in total. The van der Waals surface area contributed by atoms with E-state index in [9.17, 15) is 4.79 Å². The lowest BCUT2D eigenvalue weighted by atomic mass is 10.1. The molecule has 3 aromatic rings. The molecule has 33 heavy (non-hydrogen) atoms. The Morgan fingerprint density at radius 2 is 2.00 bits per heavy atom. The Hall–Kier alpha value is -3.16. The Labute approximate surface area is 199 Å². The van der Waals surface area contributed by atoms with Crippen molar-refractivity contribution in [2.24, 2.45) is 0 Å². The van der Waals surface area contributed by atoms with E-state index < -0.39 is 0 Å². The third-order valence-corrected chi connectivity index (χ3v) is 6.10. The third kappa shape index (κ3) is 5.80. The van der Waals surface area contributed by atoms with Gasteiger partial charge in [-0.25, -0.2) is 4.98 Å². The Bertz CT molecular complexity index is 1150. The highest BCUT2D eigenvalue weighted by molar-refractivity contribution is 6.31. The second-order valence-corrected chi connectivity index (χ2v) is 8.41. The van der Waals surface area contributed by atoms with E-state index in [2.05, 4.69) is 20.3 Å². The molecule has 1 aliphatic rings. The number of anilines is 1. The fraction of sp³-hybridized carbons (Fsp3) is 0.320. The lowest BCUT2D eigenvalue weighted by molar-refractivity contribution is -0.116. The van der Waals surface area contributed by atoms with Crippen LogP contribution in [0.15, 0.2) is 48.7 Å². The topological polar surface area (TPSA) is 72.3 Å². The number of hydrogen-bond donors (Lipinski definition) is 1. The van der Waals surface area contributed by atoms with E-state index >= 15 is 0 Å². The molecule has 0 radical (unpaired) electrons. The van der Waals surface area contributed by atoms with E-state index in [4.69, 9.17) is 16.3 Å². The summed E-state index contributed by atoms with van der Waals surface area (Å²) in [5, 5.41) is 8.29. The minimum absolute atomic E-state index is 0.155. The smallest absolute Gasteiger partial charge is 0.244 e. The van der Waals surface area contributed by atoms with Gasteiger partial charge >= 0.3 is 0 Å². The van der Waals surface area contributed by atoms with Crippen LogP contribution in [0.2, 0.25) is 5.02 Å². The number of ether oxygens (including phenoxy) is 1. The summed E-state index contributed by atoms with van der Waals surface area (Å²) < 4.78 is 7.32. The van der Waals surface area contributed by atoms with Crippen molar-refractivity contribution in [3.63, 3.8) is 0 Å². The number of hydrogen-bond acceptors (Lipinski definition) is 5. The number of aromatic nitrogens is 3. The average molecular weight is 466 g/mol. The van der Waals surface area contributed by atoms with Gasteiger partial charge in [0.25, 0.3) is 0 Å². The molecular weight excluding hydrogens is 438 g/mol. The van der Waals surface area contributed by atoms with Crippen LogP contribution in [0.1, 0.15) is 28.1 Å². The van der Waals surface area contributed by atoms with Crippen LogP contribution in [0.4, 0.5) is 5.82 Å². The van der Waals surface area contributed by atoms with Crippen molar-refractivity contribution in [2.75, 3.05) is 31.2 Å². The van der Waals surface area contributed by atoms with Crippen LogP contribution < -0.4 is 10.2 Å². The first-order valence-corrected chi connectivity index (χ1v) is 11.4. The SMILES string of the molecule is Cc1nn(Cc2ccccc2Cl)c(C)c1/C=C/C(=O)NCc1ccnc(N2CCOCC2)c1. The molecule has 1 fully saturated rings. The van der Waals surface area contributed by atoms with E-state index in [0.29, 0.717) is 26.3 Å². The van der Waals surface area contributed by atoms with Crippen LogP contribution in [0, 0.1) is 13.8 Å². The molecule has 1 saturated heterocycles. The Morgan fingerprint density at radius 1 is 1.21 bits per heavy atom. The van der Waals surface area contributed by atoms with Gasteiger partial charge in [-0.3, -0.25) is 9.48 Å². The van der Waals surface area contributed by atoms with E-state index in [1.165, 1.54) is 0 Å². The van der Waals surface area contributed by atoms with Crippen molar-refractivity contribution in [1.29, 1.82) is 0 Å². The number of benzene rings is 1. The molecule has 8 heteroatoms. The zero-order valence-electron chi connectivity index (χ0n) is 18.9. The Kier molecular flexibility index (Phi) is 7.42. The largest absolute Gasteiger partial charge is 0.378 e. The van der Waals surface area contributed by atoms with Crippen molar-refractivity contribution >= 4 is 29.4 Å². The van der Waals surface area contributed by atoms with E-state index in [1.54, 1.807) is 12.3 Å². The van der Waals surface area contributed by atoms with Gasteiger partial charge in [0.05, 0.1) is 25.5 Å². The second kappa shape index (κ2) is 10.6. The highest BCUT2D eigenvalue weighted by atomic mass is 35.5. The third-order valence-electron chi connectivity index (χ3n) is 5.73. The van der Waals surface area contributed by atoms with Gasteiger partial charge in [-0.15, -0.1) is 0 Å². The van der Waals surface area contributed by atoms with E-state index in [1.807, 2.05) is 61.0 Å². The molecule has 0 bridgehead atoms. The summed E-state index contributed by atoms with van der Waals surface area (Å²) >= 11 is 6.29. The molecule has 0 saturated carbocycles. The molecular formula is C25H28ClN5O2. The first kappa shape index (κ1) is 23.0. The number of carbonyl (C=O) groups excluding carboxylic acids is 1. The number of nitrogens with zero attached hydrogens (tertiary/aromatic N) is 4. The molecule has 0 atom stereocenters. The lowest BCUT2D eigenvalue weighted by Crippen LogP contribution is -2.36. The summed E-state index contributed by atoms with van der Waals surface area (Å²) in [5.41, 5.74) is 4.81. The van der Waals surface area contributed by atoms with Gasteiger partial charge in [0, 0.05) is 48.2 Å². The first-order chi connectivity index (χ1) is 16.0. The van der Waals surface area contributed by atoms with Crippen molar-refractivity contribution in [2.45, 2.75) is 26.9 Å². The zero-order chi connectivity index (χ0) is 23.2. The Balaban J connectivity index is 1.37. The fourth-order valence-corrected chi connectivity index (χ4v) is 4.03. The van der Waals surface area contributed by atoms with Gasteiger partial charge in [0.15, 0.2) is 0 Å². The van der Waals surface area contributed by atoms with Gasteiger partial charge in [-0.1, -0.05) is 29.8 Å². The van der Waals surface area contributed by atoms with E-state index in [-0.39, 0.29) is 5.91 Å². The summed E-state index contributed by atoms with van der Waals surface area (Å²) in [5.74, 6) is 0.759. The van der Waals surface area contributed by atoms with Crippen LogP contribution in [0.3, 0.4) is 0 Å².